The molecule has 2 aliphatic heterocycles. The highest BCUT2D eigenvalue weighted by Crippen LogP contribution is 2.42. The molecule has 2 aromatic rings. The van der Waals surface area contributed by atoms with E-state index in [4.69, 9.17) is 0 Å². The number of nitrogens with one attached hydrogen (secondary N) is 1. The molecular weight excluding hydrogens is 336 g/mol. The molecule has 1 N–H and O–H groups in total. The van der Waals surface area contributed by atoms with E-state index in [1.165, 1.54) is 5.56 Å². The molecule has 0 aliphatic carbocycles. The van der Waals surface area contributed by atoms with Gasteiger partial charge in [0.1, 0.15) is 0 Å². The zero-order valence-corrected chi connectivity index (χ0v) is 14.9. The fraction of sp³-hybridized carbons (Fsp3) is 0.421. The number of benzene rings is 1. The molecule has 4 rings (SSSR count). The van der Waals surface area contributed by atoms with E-state index in [9.17, 15) is 4.79 Å². The topological polar surface area (TPSA) is 58.1 Å². The first-order valence-corrected chi connectivity index (χ1v) is 8.63. The van der Waals surface area contributed by atoms with Gasteiger partial charge < -0.3 is 10.2 Å². The summed E-state index contributed by atoms with van der Waals surface area (Å²) in [7, 11) is 0. The van der Waals surface area contributed by atoms with Crippen molar-refractivity contribution in [3.63, 3.8) is 0 Å². The summed E-state index contributed by atoms with van der Waals surface area (Å²) in [5.41, 5.74) is 2.13. The Morgan fingerprint density at radius 1 is 1.20 bits per heavy atom. The van der Waals surface area contributed by atoms with Crippen LogP contribution in [-0.4, -0.2) is 40.4 Å². The van der Waals surface area contributed by atoms with Gasteiger partial charge in [0.2, 0.25) is 5.91 Å². The van der Waals surface area contributed by atoms with Crippen LogP contribution in [0.3, 0.4) is 0 Å². The Bertz CT molecular complexity index is 697. The number of hydrogen-bond acceptors (Lipinski definition) is 4. The lowest BCUT2D eigenvalue weighted by atomic mass is 9.89. The number of rotatable bonds is 4. The van der Waals surface area contributed by atoms with Crippen molar-refractivity contribution in [2.75, 3.05) is 19.6 Å². The molecule has 2 aliphatic rings. The Labute approximate surface area is 154 Å². The van der Waals surface area contributed by atoms with Gasteiger partial charge >= 0.3 is 0 Å². The number of carbonyl (C=O) groups excluding carboxylic acids is 1. The standard InChI is InChI=1S/C19H22N4O.ClH/c24-18(7-6-16-11-20-8-9-22-16)23-13-15-10-21-12-17(15)19(23)14-4-2-1-3-5-14;/h1-5,8-9,11,15,17,19,21H,6-7,10,12-13H2;1H/t15-,17-,19-;/m0./s1. The molecule has 1 aromatic carbocycles. The molecule has 2 fully saturated rings. The van der Waals surface area contributed by atoms with Gasteiger partial charge in [-0.05, 0) is 17.9 Å². The van der Waals surface area contributed by atoms with Crippen molar-refractivity contribution in [2.24, 2.45) is 11.8 Å². The zero-order valence-electron chi connectivity index (χ0n) is 14.0. The van der Waals surface area contributed by atoms with Crippen molar-refractivity contribution in [3.05, 3.63) is 60.2 Å². The number of hydrogen-bond donors (Lipinski definition) is 1. The van der Waals surface area contributed by atoms with Crippen LogP contribution >= 0.6 is 12.4 Å². The summed E-state index contributed by atoms with van der Waals surface area (Å²) in [5, 5.41) is 3.49. The van der Waals surface area contributed by atoms with Crippen LogP contribution in [0.4, 0.5) is 0 Å². The number of nitrogens with zero attached hydrogens (tertiary/aromatic N) is 3. The summed E-state index contributed by atoms with van der Waals surface area (Å²) in [6, 6.07) is 10.6. The molecule has 6 heteroatoms. The minimum Gasteiger partial charge on any atom is -0.335 e. The second kappa shape index (κ2) is 7.93. The quantitative estimate of drug-likeness (QED) is 0.910. The van der Waals surface area contributed by atoms with Crippen LogP contribution in [0.1, 0.15) is 23.7 Å². The van der Waals surface area contributed by atoms with Crippen LogP contribution < -0.4 is 5.32 Å². The van der Waals surface area contributed by atoms with Crippen molar-refractivity contribution in [3.8, 4) is 0 Å². The third-order valence-corrected chi connectivity index (χ3v) is 5.24. The van der Waals surface area contributed by atoms with Gasteiger partial charge in [-0.2, -0.15) is 0 Å². The molecule has 132 valence electrons. The first kappa shape index (κ1) is 17.8. The smallest absolute Gasteiger partial charge is 0.223 e. The molecule has 0 saturated carbocycles. The summed E-state index contributed by atoms with van der Waals surface area (Å²) in [4.78, 5) is 23.3. The first-order chi connectivity index (χ1) is 11.8. The molecule has 0 bridgehead atoms. The van der Waals surface area contributed by atoms with E-state index in [1.807, 2.05) is 6.07 Å². The van der Waals surface area contributed by atoms with E-state index < -0.39 is 0 Å². The largest absolute Gasteiger partial charge is 0.335 e. The Hall–Kier alpha value is -1.98. The van der Waals surface area contributed by atoms with Gasteiger partial charge in [0.05, 0.1) is 11.7 Å². The summed E-state index contributed by atoms with van der Waals surface area (Å²) < 4.78 is 0. The minimum absolute atomic E-state index is 0. The Morgan fingerprint density at radius 3 is 2.80 bits per heavy atom. The SMILES string of the molecule is Cl.O=C(CCc1cnccn1)N1C[C@@H]2CNC[C@@H]2[C@@H]1c1ccccc1. The highest BCUT2D eigenvalue weighted by atomic mass is 35.5. The average molecular weight is 359 g/mol. The Morgan fingerprint density at radius 2 is 2.04 bits per heavy atom. The average Bonchev–Trinajstić information content (AvgIpc) is 3.22. The highest BCUT2D eigenvalue weighted by Gasteiger charge is 2.46. The van der Waals surface area contributed by atoms with Crippen molar-refractivity contribution in [2.45, 2.75) is 18.9 Å². The van der Waals surface area contributed by atoms with Gasteiger partial charge in [-0.15, -0.1) is 12.4 Å². The maximum absolute atomic E-state index is 12.9. The van der Waals surface area contributed by atoms with E-state index in [0.717, 1.165) is 25.3 Å². The maximum Gasteiger partial charge on any atom is 0.223 e. The highest BCUT2D eigenvalue weighted by molar-refractivity contribution is 5.85. The lowest BCUT2D eigenvalue weighted by Crippen LogP contribution is -2.34. The van der Waals surface area contributed by atoms with Crippen LogP contribution in [0, 0.1) is 11.8 Å². The van der Waals surface area contributed by atoms with Crippen molar-refractivity contribution >= 4 is 18.3 Å². The molecule has 1 amide bonds. The molecule has 3 atom stereocenters. The lowest BCUT2D eigenvalue weighted by molar-refractivity contribution is -0.132. The fourth-order valence-electron chi connectivity index (χ4n) is 4.09. The van der Waals surface area contributed by atoms with Crippen LogP contribution in [0.15, 0.2) is 48.9 Å². The number of aromatic nitrogens is 2. The third-order valence-electron chi connectivity index (χ3n) is 5.24. The number of fused-ring (bicyclic) bond motifs is 1. The van der Waals surface area contributed by atoms with Crippen LogP contribution in [0.5, 0.6) is 0 Å². The molecule has 25 heavy (non-hydrogen) atoms. The predicted octanol–water partition coefficient (Wildman–Crippen LogP) is 2.25. The molecular formula is C19H23ClN4O. The number of aryl methyl sites for hydroxylation is 1. The van der Waals surface area contributed by atoms with E-state index in [0.29, 0.717) is 24.7 Å². The number of carbonyl (C=O) groups is 1. The molecule has 2 saturated heterocycles. The van der Waals surface area contributed by atoms with Crippen molar-refractivity contribution < 1.29 is 4.79 Å². The summed E-state index contributed by atoms with van der Waals surface area (Å²) in [6.07, 6.45) is 6.22. The number of halogens is 1. The monoisotopic (exact) mass is 358 g/mol. The van der Waals surface area contributed by atoms with E-state index in [1.54, 1.807) is 18.6 Å². The van der Waals surface area contributed by atoms with E-state index in [2.05, 4.69) is 44.5 Å². The second-order valence-electron chi connectivity index (χ2n) is 6.68. The molecule has 0 unspecified atom stereocenters. The van der Waals surface area contributed by atoms with Gasteiger partial charge in [-0.25, -0.2) is 0 Å². The number of likely N-dealkylation sites (tertiary alicyclic amines) is 1. The molecule has 0 radical (unpaired) electrons. The van der Waals surface area contributed by atoms with E-state index in [-0.39, 0.29) is 24.4 Å². The summed E-state index contributed by atoms with van der Waals surface area (Å²) in [6.45, 7) is 2.87. The van der Waals surface area contributed by atoms with Gasteiger partial charge in [0.15, 0.2) is 0 Å². The van der Waals surface area contributed by atoms with Crippen molar-refractivity contribution in [1.29, 1.82) is 0 Å². The Balaban J connectivity index is 0.00000182. The van der Waals surface area contributed by atoms with Crippen molar-refractivity contribution in [1.82, 2.24) is 20.2 Å². The van der Waals surface area contributed by atoms with Gasteiger partial charge in [-0.1, -0.05) is 30.3 Å². The lowest BCUT2D eigenvalue weighted by Gasteiger charge is -2.28. The summed E-state index contributed by atoms with van der Waals surface area (Å²) >= 11 is 0. The normalized spacial score (nSPS) is 24.6. The molecule has 1 aromatic heterocycles. The van der Waals surface area contributed by atoms with E-state index >= 15 is 0 Å². The predicted molar refractivity (Wildman–Crippen MR) is 98.3 cm³/mol. The molecule has 3 heterocycles. The minimum atomic E-state index is 0. The third kappa shape index (κ3) is 3.67. The van der Waals surface area contributed by atoms with Crippen LogP contribution in [-0.2, 0) is 11.2 Å². The molecule has 5 nitrogen and oxygen atoms in total. The summed E-state index contributed by atoms with van der Waals surface area (Å²) in [5.74, 6) is 1.31. The second-order valence-corrected chi connectivity index (χ2v) is 6.68. The van der Waals surface area contributed by atoms with Gasteiger partial charge in [0.25, 0.3) is 0 Å². The van der Waals surface area contributed by atoms with Gasteiger partial charge in [0, 0.05) is 50.6 Å². The van der Waals surface area contributed by atoms with Crippen LogP contribution in [0.25, 0.3) is 0 Å². The van der Waals surface area contributed by atoms with Gasteiger partial charge in [-0.3, -0.25) is 14.8 Å². The zero-order chi connectivity index (χ0) is 16.4. The number of amides is 1. The molecule has 0 spiro atoms. The Kier molecular flexibility index (Phi) is 5.66. The first-order valence-electron chi connectivity index (χ1n) is 8.63. The van der Waals surface area contributed by atoms with Crippen LogP contribution in [0.2, 0.25) is 0 Å². The maximum atomic E-state index is 12.9. The fourth-order valence-corrected chi connectivity index (χ4v) is 4.09.